The van der Waals surface area contributed by atoms with Crippen molar-refractivity contribution in [3.05, 3.63) is 23.6 Å². The number of aromatic nitrogens is 1. The number of pyridine rings is 1. The van der Waals surface area contributed by atoms with Gasteiger partial charge < -0.3 is 10.2 Å². The van der Waals surface area contributed by atoms with E-state index in [1.54, 1.807) is 6.07 Å². The van der Waals surface area contributed by atoms with Gasteiger partial charge in [0.15, 0.2) is 0 Å². The zero-order valence-corrected chi connectivity index (χ0v) is 10.2. The van der Waals surface area contributed by atoms with E-state index in [1.807, 2.05) is 6.92 Å². The van der Waals surface area contributed by atoms with Gasteiger partial charge in [-0.15, -0.1) is 0 Å². The predicted molar refractivity (Wildman–Crippen MR) is 65.8 cm³/mol. The first-order valence-corrected chi connectivity index (χ1v) is 6.37. The number of hydrogen-bond acceptors (Lipinski definition) is 3. The zero-order chi connectivity index (χ0) is 11.9. The quantitative estimate of drug-likeness (QED) is 0.846. The third-order valence-electron chi connectivity index (χ3n) is 3.74. The van der Waals surface area contributed by atoms with Crippen molar-refractivity contribution in [1.82, 2.24) is 10.3 Å². The number of rotatable bonds is 2. The highest BCUT2D eigenvalue weighted by Crippen LogP contribution is 2.38. The number of aryl methyl sites for hydroxylation is 1. The zero-order valence-electron chi connectivity index (χ0n) is 10.2. The van der Waals surface area contributed by atoms with E-state index < -0.39 is 0 Å². The first kappa shape index (κ1) is 11.0. The Morgan fingerprint density at radius 1 is 1.47 bits per heavy atom. The van der Waals surface area contributed by atoms with Gasteiger partial charge >= 0.3 is 0 Å². The maximum Gasteiger partial charge on any atom is 0.131 e. The maximum absolute atomic E-state index is 13.5. The molecule has 4 heteroatoms. The molecule has 1 saturated carbocycles. The van der Waals surface area contributed by atoms with Crippen LogP contribution < -0.4 is 10.2 Å². The second-order valence-electron chi connectivity index (χ2n) is 5.12. The van der Waals surface area contributed by atoms with Gasteiger partial charge in [0.1, 0.15) is 11.6 Å². The summed E-state index contributed by atoms with van der Waals surface area (Å²) < 4.78 is 13.5. The van der Waals surface area contributed by atoms with E-state index in [1.165, 1.54) is 18.9 Å². The highest BCUT2D eigenvalue weighted by Gasteiger charge is 2.45. The van der Waals surface area contributed by atoms with Crippen LogP contribution in [0.2, 0.25) is 0 Å². The summed E-state index contributed by atoms with van der Waals surface area (Å²) in [7, 11) is 0. The lowest BCUT2D eigenvalue weighted by Crippen LogP contribution is -2.52. The first-order chi connectivity index (χ1) is 8.21. The molecule has 1 saturated heterocycles. The Morgan fingerprint density at radius 3 is 3.00 bits per heavy atom. The normalized spacial score (nSPS) is 21.9. The molecule has 1 N–H and O–H groups in total. The molecule has 3 nitrogen and oxygen atoms in total. The number of anilines is 1. The Morgan fingerprint density at radius 2 is 2.29 bits per heavy atom. The number of nitrogens with one attached hydrogen (secondary N) is 1. The summed E-state index contributed by atoms with van der Waals surface area (Å²) >= 11 is 0. The van der Waals surface area contributed by atoms with Crippen LogP contribution in [0.5, 0.6) is 0 Å². The molecule has 0 radical (unpaired) electrons. The molecule has 1 aliphatic carbocycles. The second-order valence-corrected chi connectivity index (χ2v) is 5.12. The van der Waals surface area contributed by atoms with Crippen LogP contribution in [0.4, 0.5) is 10.2 Å². The Balaban J connectivity index is 1.85. The number of nitrogens with zero attached hydrogens (tertiary/aromatic N) is 2. The summed E-state index contributed by atoms with van der Waals surface area (Å²) in [5.74, 6) is 0.629. The van der Waals surface area contributed by atoms with Crippen molar-refractivity contribution in [3.63, 3.8) is 0 Å². The molecule has 3 rings (SSSR count). The van der Waals surface area contributed by atoms with Crippen LogP contribution in [0.15, 0.2) is 12.1 Å². The molecule has 0 atom stereocenters. The topological polar surface area (TPSA) is 28.2 Å². The molecule has 2 heterocycles. The van der Waals surface area contributed by atoms with Crippen LogP contribution in [-0.4, -0.2) is 30.2 Å². The van der Waals surface area contributed by atoms with E-state index in [9.17, 15) is 4.39 Å². The van der Waals surface area contributed by atoms with E-state index in [-0.39, 0.29) is 5.82 Å². The molecule has 2 aliphatic rings. The fourth-order valence-corrected chi connectivity index (χ4v) is 2.52. The van der Waals surface area contributed by atoms with Crippen molar-refractivity contribution in [2.75, 3.05) is 24.5 Å². The fraction of sp³-hybridized carbons (Fsp3) is 0.615. The van der Waals surface area contributed by atoms with Gasteiger partial charge in [-0.05, 0) is 25.3 Å². The Bertz CT molecular complexity index is 429. The van der Waals surface area contributed by atoms with Gasteiger partial charge in [-0.2, -0.15) is 0 Å². The second kappa shape index (κ2) is 3.95. The van der Waals surface area contributed by atoms with Gasteiger partial charge in [0, 0.05) is 36.9 Å². The van der Waals surface area contributed by atoms with Crippen LogP contribution in [0.25, 0.3) is 0 Å². The van der Waals surface area contributed by atoms with Gasteiger partial charge in [0.2, 0.25) is 0 Å². The standard InChI is InChI=1S/C13H18FN3/c1-2-11-7-10(14)8-12(16-11)17-6-5-15-13(9-17)3-4-13/h7-8,15H,2-6,9H2,1H3. The van der Waals surface area contributed by atoms with Crippen LogP contribution in [0.1, 0.15) is 25.5 Å². The van der Waals surface area contributed by atoms with Crippen LogP contribution in [-0.2, 0) is 6.42 Å². The fourth-order valence-electron chi connectivity index (χ4n) is 2.52. The minimum atomic E-state index is -0.171. The third kappa shape index (κ3) is 2.14. The average Bonchev–Trinajstić information content (AvgIpc) is 3.07. The van der Waals surface area contributed by atoms with Gasteiger partial charge in [-0.3, -0.25) is 0 Å². The SMILES string of the molecule is CCc1cc(F)cc(N2CCNC3(CC3)C2)n1. The lowest BCUT2D eigenvalue weighted by atomic mass is 10.2. The first-order valence-electron chi connectivity index (χ1n) is 6.37. The minimum absolute atomic E-state index is 0.171. The number of piperazine rings is 1. The van der Waals surface area contributed by atoms with Crippen molar-refractivity contribution >= 4 is 5.82 Å². The van der Waals surface area contributed by atoms with Crippen molar-refractivity contribution in [2.45, 2.75) is 31.7 Å². The molecule has 1 aromatic heterocycles. The maximum atomic E-state index is 13.5. The lowest BCUT2D eigenvalue weighted by molar-refractivity contribution is 0.439. The molecule has 2 fully saturated rings. The van der Waals surface area contributed by atoms with Crippen molar-refractivity contribution in [1.29, 1.82) is 0 Å². The summed E-state index contributed by atoms with van der Waals surface area (Å²) in [6.07, 6.45) is 3.25. The molecule has 17 heavy (non-hydrogen) atoms. The van der Waals surface area contributed by atoms with E-state index in [2.05, 4.69) is 15.2 Å². The van der Waals surface area contributed by atoms with Crippen LogP contribution in [0.3, 0.4) is 0 Å². The molecular weight excluding hydrogens is 217 g/mol. The molecule has 1 spiro atoms. The van der Waals surface area contributed by atoms with Crippen molar-refractivity contribution < 1.29 is 4.39 Å². The molecule has 92 valence electrons. The molecule has 1 aliphatic heterocycles. The molecule has 0 bridgehead atoms. The summed E-state index contributed by atoms with van der Waals surface area (Å²) in [6, 6.07) is 3.08. The van der Waals surface area contributed by atoms with Crippen LogP contribution >= 0.6 is 0 Å². The van der Waals surface area contributed by atoms with E-state index in [4.69, 9.17) is 0 Å². The van der Waals surface area contributed by atoms with Crippen molar-refractivity contribution in [3.8, 4) is 0 Å². The summed E-state index contributed by atoms with van der Waals surface area (Å²) in [5, 5.41) is 3.55. The van der Waals surface area contributed by atoms with E-state index >= 15 is 0 Å². The molecule has 1 aromatic rings. The predicted octanol–water partition coefficient (Wildman–Crippen LogP) is 1.73. The molecule has 0 amide bonds. The smallest absolute Gasteiger partial charge is 0.131 e. The molecule has 0 unspecified atom stereocenters. The largest absolute Gasteiger partial charge is 0.353 e. The molecule has 0 aromatic carbocycles. The summed E-state index contributed by atoms with van der Waals surface area (Å²) in [4.78, 5) is 6.74. The average molecular weight is 235 g/mol. The summed E-state index contributed by atoms with van der Waals surface area (Å²) in [5.41, 5.74) is 1.14. The highest BCUT2D eigenvalue weighted by atomic mass is 19.1. The van der Waals surface area contributed by atoms with Gasteiger partial charge in [-0.1, -0.05) is 6.92 Å². The van der Waals surface area contributed by atoms with Gasteiger partial charge in [0.05, 0.1) is 0 Å². The van der Waals surface area contributed by atoms with E-state index in [0.29, 0.717) is 5.54 Å². The highest BCUT2D eigenvalue weighted by molar-refractivity contribution is 5.42. The third-order valence-corrected chi connectivity index (χ3v) is 3.74. The number of hydrogen-bond donors (Lipinski definition) is 1. The number of halogens is 1. The van der Waals surface area contributed by atoms with E-state index in [0.717, 1.165) is 37.6 Å². The van der Waals surface area contributed by atoms with Crippen LogP contribution in [0, 0.1) is 5.82 Å². The van der Waals surface area contributed by atoms with Gasteiger partial charge in [-0.25, -0.2) is 9.37 Å². The molecular formula is C13H18FN3. The monoisotopic (exact) mass is 235 g/mol. The Labute approximate surface area is 101 Å². The minimum Gasteiger partial charge on any atom is -0.353 e. The van der Waals surface area contributed by atoms with Gasteiger partial charge in [0.25, 0.3) is 0 Å². The lowest BCUT2D eigenvalue weighted by Gasteiger charge is -2.35. The summed E-state index contributed by atoms with van der Waals surface area (Å²) in [6.45, 7) is 4.86. The Hall–Kier alpha value is -1.16. The Kier molecular flexibility index (Phi) is 2.54. The van der Waals surface area contributed by atoms with Crippen molar-refractivity contribution in [2.24, 2.45) is 0 Å².